The SMILES string of the molecule is CCC=CCC=CCC=CCC=CCC=CCC=CCC(=O)OCC(C)(C)C(OC(=O)c1cccnc1)C(=O)NCCC(=O)OC(O)O. The van der Waals surface area contributed by atoms with Gasteiger partial charge in [0.1, 0.15) is 6.61 Å². The molecule has 0 aliphatic heterocycles. The number of allylic oxidation sites excluding steroid dienone is 11. The summed E-state index contributed by atoms with van der Waals surface area (Å²) in [5.74, 6) is -3.05. The topological polar surface area (TPSA) is 161 Å². The van der Waals surface area contributed by atoms with E-state index >= 15 is 0 Å². The minimum Gasteiger partial charge on any atom is -0.465 e. The van der Waals surface area contributed by atoms with Crippen molar-refractivity contribution < 1.29 is 43.6 Å². The van der Waals surface area contributed by atoms with Gasteiger partial charge in [0.2, 0.25) is 0 Å². The van der Waals surface area contributed by atoms with E-state index < -0.39 is 41.8 Å². The number of carbonyl (C=O) groups is 4. The molecule has 1 unspecified atom stereocenters. The summed E-state index contributed by atoms with van der Waals surface area (Å²) in [7, 11) is 0. The molecule has 48 heavy (non-hydrogen) atoms. The average molecular weight is 667 g/mol. The molecule has 1 rings (SSSR count). The minimum atomic E-state index is -2.28. The Morgan fingerprint density at radius 2 is 1.35 bits per heavy atom. The monoisotopic (exact) mass is 666 g/mol. The fourth-order valence-corrected chi connectivity index (χ4v) is 3.89. The van der Waals surface area contributed by atoms with Gasteiger partial charge in [-0.2, -0.15) is 0 Å². The summed E-state index contributed by atoms with van der Waals surface area (Å²) in [6.07, 6.45) is 31.2. The summed E-state index contributed by atoms with van der Waals surface area (Å²) in [5.41, 5.74) is -1.06. The van der Waals surface area contributed by atoms with Crippen LogP contribution in [0.5, 0.6) is 0 Å². The third kappa shape index (κ3) is 20.5. The molecule has 0 saturated carbocycles. The molecule has 1 atom stereocenters. The largest absolute Gasteiger partial charge is 0.465 e. The van der Waals surface area contributed by atoms with Gasteiger partial charge in [0.15, 0.2) is 6.10 Å². The molecule has 0 aromatic carbocycles. The number of carbonyl (C=O) groups excluding carboxylic acids is 4. The van der Waals surface area contributed by atoms with E-state index in [0.717, 1.165) is 32.1 Å². The van der Waals surface area contributed by atoms with Crippen molar-refractivity contribution in [2.24, 2.45) is 5.41 Å². The number of aliphatic hydroxyl groups excluding tert-OH is 1. The molecule has 11 heteroatoms. The lowest BCUT2D eigenvalue weighted by atomic mass is 9.86. The van der Waals surface area contributed by atoms with Crippen molar-refractivity contribution >= 4 is 23.8 Å². The number of nitrogens with zero attached hydrogens (tertiary/aromatic N) is 1. The van der Waals surface area contributed by atoms with Crippen LogP contribution in [0.2, 0.25) is 0 Å². The van der Waals surface area contributed by atoms with Gasteiger partial charge in [-0.15, -0.1) is 0 Å². The Bertz CT molecular complexity index is 1280. The van der Waals surface area contributed by atoms with E-state index in [1.807, 2.05) is 12.2 Å². The van der Waals surface area contributed by atoms with Gasteiger partial charge in [0.25, 0.3) is 5.91 Å². The van der Waals surface area contributed by atoms with E-state index in [9.17, 15) is 19.2 Å². The first-order valence-corrected chi connectivity index (χ1v) is 16.1. The van der Waals surface area contributed by atoms with E-state index in [1.54, 1.807) is 19.9 Å². The first-order valence-electron chi connectivity index (χ1n) is 16.1. The second-order valence-corrected chi connectivity index (χ2v) is 11.2. The van der Waals surface area contributed by atoms with Gasteiger partial charge in [-0.1, -0.05) is 93.7 Å². The Balaban J connectivity index is 2.51. The number of amides is 1. The van der Waals surface area contributed by atoms with Crippen LogP contribution in [-0.2, 0) is 28.6 Å². The standard InChI is InChI=1S/C37H50N2O9/c1-4-5-6-7-8-9-10-11-12-13-14-15-16-17-18-19-20-21-24-31(40)46-29-37(2,3)33(48-35(43)30-23-22-26-38-28-30)34(42)39-27-25-32(41)47-36(44)45/h5-6,8-9,11-12,14-15,17-18,20-23,26,28,33,36,44-45H,4,7,10,13,16,19,24-25,27,29H2,1-3H3,(H,39,42). The van der Waals surface area contributed by atoms with Crippen molar-refractivity contribution in [3.63, 3.8) is 0 Å². The van der Waals surface area contributed by atoms with E-state index in [-0.39, 0.29) is 31.6 Å². The molecule has 0 spiro atoms. The zero-order valence-electron chi connectivity index (χ0n) is 28.2. The number of ether oxygens (including phenoxy) is 3. The van der Waals surface area contributed by atoms with Crippen LogP contribution in [0.3, 0.4) is 0 Å². The second-order valence-electron chi connectivity index (χ2n) is 11.2. The van der Waals surface area contributed by atoms with Crippen molar-refractivity contribution in [2.45, 2.75) is 84.7 Å². The van der Waals surface area contributed by atoms with Crippen molar-refractivity contribution in [1.29, 1.82) is 0 Å². The fraction of sp³-hybridized carbons (Fsp3) is 0.432. The Kier molecular flexibility index (Phi) is 22.0. The van der Waals surface area contributed by atoms with Crippen molar-refractivity contribution in [3.05, 3.63) is 103 Å². The molecule has 0 radical (unpaired) electrons. The molecule has 1 amide bonds. The van der Waals surface area contributed by atoms with E-state index in [1.165, 1.54) is 24.5 Å². The fourth-order valence-electron chi connectivity index (χ4n) is 3.89. The quantitative estimate of drug-likeness (QED) is 0.0582. The Morgan fingerprint density at radius 1 is 0.812 bits per heavy atom. The highest BCUT2D eigenvalue weighted by molar-refractivity contribution is 5.92. The van der Waals surface area contributed by atoms with Crippen LogP contribution in [0.4, 0.5) is 0 Å². The molecule has 1 aromatic rings. The van der Waals surface area contributed by atoms with E-state index in [2.05, 4.69) is 76.6 Å². The van der Waals surface area contributed by atoms with Gasteiger partial charge >= 0.3 is 24.4 Å². The van der Waals surface area contributed by atoms with Gasteiger partial charge in [0.05, 0.1) is 18.4 Å². The van der Waals surface area contributed by atoms with Gasteiger partial charge in [-0.05, 0) is 50.7 Å². The molecule has 3 N–H and O–H groups in total. The molecule has 0 aliphatic rings. The lowest BCUT2D eigenvalue weighted by Crippen LogP contribution is -2.49. The zero-order chi connectivity index (χ0) is 35.5. The summed E-state index contributed by atoms with van der Waals surface area (Å²) in [6.45, 7) is 2.56. The third-order valence-electron chi connectivity index (χ3n) is 6.42. The van der Waals surface area contributed by atoms with Gasteiger partial charge < -0.3 is 29.7 Å². The molecule has 11 nitrogen and oxygen atoms in total. The number of rotatable bonds is 23. The Hall–Kier alpha value is -4.61. The van der Waals surface area contributed by atoms with E-state index in [0.29, 0.717) is 6.42 Å². The molecule has 0 saturated heterocycles. The maximum absolute atomic E-state index is 13.0. The predicted octanol–water partition coefficient (Wildman–Crippen LogP) is 5.58. The van der Waals surface area contributed by atoms with Crippen LogP contribution in [0.25, 0.3) is 0 Å². The van der Waals surface area contributed by atoms with Crippen molar-refractivity contribution in [3.8, 4) is 0 Å². The first-order chi connectivity index (χ1) is 23.1. The number of hydrogen-bond donors (Lipinski definition) is 3. The smallest absolute Gasteiger partial charge is 0.340 e. The molecule has 0 aliphatic carbocycles. The molecule has 1 aromatic heterocycles. The lowest BCUT2D eigenvalue weighted by molar-refractivity contribution is -0.229. The summed E-state index contributed by atoms with van der Waals surface area (Å²) in [4.78, 5) is 53.6. The highest BCUT2D eigenvalue weighted by Gasteiger charge is 2.40. The first kappa shape index (κ1) is 41.4. The van der Waals surface area contributed by atoms with Crippen LogP contribution in [0.1, 0.15) is 82.5 Å². The summed E-state index contributed by atoms with van der Waals surface area (Å²) >= 11 is 0. The Morgan fingerprint density at radius 3 is 1.85 bits per heavy atom. The van der Waals surface area contributed by atoms with Crippen LogP contribution in [0, 0.1) is 5.41 Å². The molecule has 262 valence electrons. The number of nitrogens with one attached hydrogen (secondary N) is 1. The summed E-state index contributed by atoms with van der Waals surface area (Å²) < 4.78 is 15.1. The highest BCUT2D eigenvalue weighted by atomic mass is 16.7. The van der Waals surface area contributed by atoms with Crippen LogP contribution in [0.15, 0.2) is 97.4 Å². The number of pyridine rings is 1. The number of aromatic nitrogens is 1. The summed E-state index contributed by atoms with van der Waals surface area (Å²) in [5, 5.41) is 19.9. The molecule has 0 bridgehead atoms. The van der Waals surface area contributed by atoms with Gasteiger partial charge in [-0.25, -0.2) is 4.79 Å². The minimum absolute atomic E-state index is 0.0198. The van der Waals surface area contributed by atoms with Crippen LogP contribution in [-0.4, -0.2) is 64.7 Å². The Labute approximate surface area is 283 Å². The second kappa shape index (κ2) is 25.5. The molecule has 0 fully saturated rings. The zero-order valence-corrected chi connectivity index (χ0v) is 28.2. The number of hydrogen-bond acceptors (Lipinski definition) is 10. The lowest BCUT2D eigenvalue weighted by Gasteiger charge is -2.32. The maximum Gasteiger partial charge on any atom is 0.340 e. The van der Waals surface area contributed by atoms with Crippen LogP contribution >= 0.6 is 0 Å². The van der Waals surface area contributed by atoms with Crippen LogP contribution < -0.4 is 5.32 Å². The van der Waals surface area contributed by atoms with Gasteiger partial charge in [0, 0.05) is 24.4 Å². The molecular formula is C37H50N2O9. The predicted molar refractivity (Wildman–Crippen MR) is 183 cm³/mol. The highest BCUT2D eigenvalue weighted by Crippen LogP contribution is 2.26. The third-order valence-corrected chi connectivity index (χ3v) is 6.42. The normalized spacial score (nSPS) is 13.0. The average Bonchev–Trinajstić information content (AvgIpc) is 3.05. The summed E-state index contributed by atoms with van der Waals surface area (Å²) in [6, 6.07) is 3.01. The molecular weight excluding hydrogens is 616 g/mol. The van der Waals surface area contributed by atoms with Crippen molar-refractivity contribution in [2.75, 3.05) is 13.2 Å². The molecule has 1 heterocycles. The maximum atomic E-state index is 13.0. The number of aliphatic hydroxyl groups is 2. The number of esters is 3. The van der Waals surface area contributed by atoms with Gasteiger partial charge in [-0.3, -0.25) is 19.4 Å². The van der Waals surface area contributed by atoms with Crippen molar-refractivity contribution in [1.82, 2.24) is 10.3 Å². The van der Waals surface area contributed by atoms with E-state index in [4.69, 9.17) is 19.7 Å².